The number of phenolic OH excluding ortho intramolecular Hbond substituents is 1. The molecule has 1 aliphatic heterocycles. The Hall–Kier alpha value is -2.95. The topological polar surface area (TPSA) is 69.8 Å². The highest BCUT2D eigenvalue weighted by Gasteiger charge is 2.26. The number of benzene rings is 2. The lowest BCUT2D eigenvalue weighted by atomic mass is 9.78. The number of nitrogens with two attached hydrogens (primary N) is 1. The van der Waals surface area contributed by atoms with E-state index in [4.69, 9.17) is 5.73 Å². The molecule has 0 aromatic heterocycles. The van der Waals surface area contributed by atoms with E-state index in [1.54, 1.807) is 6.08 Å². The Balaban J connectivity index is 1.73. The normalized spacial score (nSPS) is 15.4. The third-order valence-corrected chi connectivity index (χ3v) is 6.02. The Labute approximate surface area is 192 Å². The molecule has 0 bridgehead atoms. The molecule has 0 aliphatic carbocycles. The van der Waals surface area contributed by atoms with Crippen molar-refractivity contribution in [2.45, 2.75) is 52.4 Å². The number of nitrogen functional groups attached to an aromatic ring is 1. The average Bonchev–Trinajstić information content (AvgIpc) is 2.71. The fourth-order valence-corrected chi connectivity index (χ4v) is 4.04. The Morgan fingerprint density at radius 1 is 0.906 bits per heavy atom. The zero-order valence-electron chi connectivity index (χ0n) is 20.3. The molecule has 1 fully saturated rings. The van der Waals surface area contributed by atoms with Crippen molar-refractivity contribution in [3.8, 4) is 5.75 Å². The second kappa shape index (κ2) is 8.89. The van der Waals surface area contributed by atoms with Crippen molar-refractivity contribution < 1.29 is 9.90 Å². The molecule has 0 radical (unpaired) electrons. The molecule has 0 unspecified atom stereocenters. The van der Waals surface area contributed by atoms with Gasteiger partial charge in [0.2, 0.25) is 5.91 Å². The van der Waals surface area contributed by atoms with E-state index in [-0.39, 0.29) is 16.7 Å². The maximum absolute atomic E-state index is 12.8. The van der Waals surface area contributed by atoms with Gasteiger partial charge in [0, 0.05) is 54.8 Å². The van der Waals surface area contributed by atoms with Crippen LogP contribution in [0.4, 0.5) is 11.4 Å². The first kappa shape index (κ1) is 23.7. The van der Waals surface area contributed by atoms with Gasteiger partial charge in [-0.3, -0.25) is 4.79 Å². The van der Waals surface area contributed by atoms with Crippen LogP contribution in [0.5, 0.6) is 5.75 Å². The van der Waals surface area contributed by atoms with Crippen LogP contribution in [0.25, 0.3) is 6.08 Å². The predicted molar refractivity (Wildman–Crippen MR) is 134 cm³/mol. The summed E-state index contributed by atoms with van der Waals surface area (Å²) in [5, 5.41) is 10.9. The first-order chi connectivity index (χ1) is 14.9. The Morgan fingerprint density at radius 2 is 1.41 bits per heavy atom. The highest BCUT2D eigenvalue weighted by molar-refractivity contribution is 5.92. The molecule has 0 atom stereocenters. The van der Waals surface area contributed by atoms with Gasteiger partial charge < -0.3 is 20.6 Å². The molecule has 1 aliphatic rings. The second-order valence-electron chi connectivity index (χ2n) is 10.7. The fraction of sp³-hybridized carbons (Fsp3) is 0.444. The van der Waals surface area contributed by atoms with Gasteiger partial charge in [0.15, 0.2) is 0 Å². The van der Waals surface area contributed by atoms with Crippen molar-refractivity contribution in [3.63, 3.8) is 0 Å². The number of nitrogens with zero attached hydrogens (tertiary/aromatic N) is 2. The highest BCUT2D eigenvalue weighted by atomic mass is 16.3. The molecule has 0 spiro atoms. The van der Waals surface area contributed by atoms with Crippen molar-refractivity contribution in [2.75, 3.05) is 36.8 Å². The van der Waals surface area contributed by atoms with Crippen LogP contribution in [-0.4, -0.2) is 42.1 Å². The van der Waals surface area contributed by atoms with E-state index in [9.17, 15) is 9.90 Å². The van der Waals surface area contributed by atoms with Crippen LogP contribution in [0.1, 0.15) is 58.2 Å². The number of hydrogen-bond acceptors (Lipinski definition) is 4. The van der Waals surface area contributed by atoms with E-state index < -0.39 is 0 Å². The van der Waals surface area contributed by atoms with E-state index >= 15 is 0 Å². The van der Waals surface area contributed by atoms with Crippen LogP contribution in [0.15, 0.2) is 42.5 Å². The zero-order valence-corrected chi connectivity index (χ0v) is 20.3. The molecule has 2 aromatic rings. The largest absolute Gasteiger partial charge is 0.507 e. The van der Waals surface area contributed by atoms with Gasteiger partial charge in [-0.1, -0.05) is 41.5 Å². The maximum Gasteiger partial charge on any atom is 0.246 e. The van der Waals surface area contributed by atoms with E-state index in [1.165, 1.54) is 0 Å². The summed E-state index contributed by atoms with van der Waals surface area (Å²) >= 11 is 0. The van der Waals surface area contributed by atoms with Gasteiger partial charge in [-0.05, 0) is 58.9 Å². The van der Waals surface area contributed by atoms with Crippen LogP contribution in [-0.2, 0) is 15.6 Å². The van der Waals surface area contributed by atoms with Crippen LogP contribution in [0.3, 0.4) is 0 Å². The van der Waals surface area contributed by atoms with Gasteiger partial charge in [-0.15, -0.1) is 0 Å². The quantitative estimate of drug-likeness (QED) is 0.530. The van der Waals surface area contributed by atoms with Gasteiger partial charge in [-0.2, -0.15) is 0 Å². The number of carbonyl (C=O) groups excluding carboxylic acids is 1. The van der Waals surface area contributed by atoms with Gasteiger partial charge in [0.1, 0.15) is 5.75 Å². The van der Waals surface area contributed by atoms with Crippen LogP contribution in [0.2, 0.25) is 0 Å². The minimum atomic E-state index is -0.198. The molecule has 2 aromatic carbocycles. The lowest BCUT2D eigenvalue weighted by Crippen LogP contribution is -2.48. The SMILES string of the molecule is CC(C)(C)c1cc(C=CC(=O)N2CCN(c3ccc(N)cc3)CC2)cc(C(C)(C)C)c1O. The summed E-state index contributed by atoms with van der Waals surface area (Å²) in [5.74, 6) is 0.372. The summed E-state index contributed by atoms with van der Waals surface area (Å²) in [7, 11) is 0. The summed E-state index contributed by atoms with van der Waals surface area (Å²) in [4.78, 5) is 17.0. The van der Waals surface area contributed by atoms with Crippen molar-refractivity contribution in [1.29, 1.82) is 0 Å². The number of aromatic hydroxyl groups is 1. The van der Waals surface area contributed by atoms with Crippen LogP contribution >= 0.6 is 0 Å². The van der Waals surface area contributed by atoms with E-state index in [0.29, 0.717) is 18.8 Å². The number of anilines is 2. The van der Waals surface area contributed by atoms with Gasteiger partial charge in [0.25, 0.3) is 0 Å². The fourth-order valence-electron chi connectivity index (χ4n) is 4.04. The molecule has 172 valence electrons. The molecule has 3 N–H and O–H groups in total. The Bertz CT molecular complexity index is 952. The molecule has 1 heterocycles. The van der Waals surface area contributed by atoms with Gasteiger partial charge >= 0.3 is 0 Å². The van der Waals surface area contributed by atoms with Crippen molar-refractivity contribution in [1.82, 2.24) is 4.90 Å². The summed E-state index contributed by atoms with van der Waals surface area (Å²) < 4.78 is 0. The lowest BCUT2D eigenvalue weighted by Gasteiger charge is -2.35. The minimum Gasteiger partial charge on any atom is -0.507 e. The Kier molecular flexibility index (Phi) is 6.59. The van der Waals surface area contributed by atoms with Crippen LogP contribution < -0.4 is 10.6 Å². The first-order valence-electron chi connectivity index (χ1n) is 11.3. The third kappa shape index (κ3) is 5.45. The van der Waals surface area contributed by atoms with Gasteiger partial charge in [-0.25, -0.2) is 0 Å². The molecular formula is C27H37N3O2. The number of rotatable bonds is 3. The molecule has 5 heteroatoms. The standard InChI is InChI=1S/C27H37N3O2/c1-26(2,3)22-17-19(18-23(25(22)32)27(4,5)6)7-12-24(31)30-15-13-29(14-16-30)21-10-8-20(28)9-11-21/h7-12,17-18,32H,13-16,28H2,1-6H3. The molecule has 1 amide bonds. The number of hydrogen-bond donors (Lipinski definition) is 2. The smallest absolute Gasteiger partial charge is 0.246 e. The number of piperazine rings is 1. The summed E-state index contributed by atoms with van der Waals surface area (Å²) in [6.45, 7) is 15.5. The predicted octanol–water partition coefficient (Wildman–Crippen LogP) is 4.93. The Morgan fingerprint density at radius 3 is 1.88 bits per heavy atom. The monoisotopic (exact) mass is 435 g/mol. The average molecular weight is 436 g/mol. The molecule has 32 heavy (non-hydrogen) atoms. The van der Waals surface area contributed by atoms with E-state index in [0.717, 1.165) is 41.2 Å². The molecule has 1 saturated heterocycles. The molecule has 5 nitrogen and oxygen atoms in total. The third-order valence-electron chi connectivity index (χ3n) is 6.02. The van der Waals surface area contributed by atoms with Crippen molar-refractivity contribution in [3.05, 3.63) is 59.2 Å². The van der Waals surface area contributed by atoms with Gasteiger partial charge in [0.05, 0.1) is 0 Å². The summed E-state index contributed by atoms with van der Waals surface area (Å²) in [6.07, 6.45) is 3.53. The number of carbonyl (C=O) groups is 1. The number of phenols is 1. The minimum absolute atomic E-state index is 0.0182. The molecule has 3 rings (SSSR count). The van der Waals surface area contributed by atoms with Crippen molar-refractivity contribution >= 4 is 23.4 Å². The van der Waals surface area contributed by atoms with E-state index in [1.807, 2.05) is 47.4 Å². The summed E-state index contributed by atoms with van der Waals surface area (Å²) in [6, 6.07) is 11.9. The first-order valence-corrected chi connectivity index (χ1v) is 11.3. The maximum atomic E-state index is 12.8. The van der Waals surface area contributed by atoms with E-state index in [2.05, 4.69) is 46.4 Å². The van der Waals surface area contributed by atoms with Crippen molar-refractivity contribution in [2.24, 2.45) is 0 Å². The zero-order chi connectivity index (χ0) is 23.7. The second-order valence-corrected chi connectivity index (χ2v) is 10.7. The summed E-state index contributed by atoms with van der Waals surface area (Å²) in [5.41, 5.74) is 10.0. The molecular weight excluding hydrogens is 398 g/mol. The lowest BCUT2D eigenvalue weighted by molar-refractivity contribution is -0.126. The molecule has 0 saturated carbocycles. The van der Waals surface area contributed by atoms with Crippen LogP contribution in [0, 0.1) is 0 Å². The number of amides is 1. The highest BCUT2D eigenvalue weighted by Crippen LogP contribution is 2.40.